The first-order valence-corrected chi connectivity index (χ1v) is 10.5. The van der Waals surface area contributed by atoms with Gasteiger partial charge in [-0.2, -0.15) is 0 Å². The van der Waals surface area contributed by atoms with Gasteiger partial charge in [0, 0.05) is 46.0 Å². The summed E-state index contributed by atoms with van der Waals surface area (Å²) in [5.41, 5.74) is 2.90. The Kier molecular flexibility index (Phi) is 8.93. The molecule has 4 rings (SSSR count). The molecule has 2 atom stereocenters. The molecule has 27 heavy (non-hydrogen) atoms. The average Bonchev–Trinajstić information content (AvgIpc) is 3.32. The number of ether oxygens (including phenoxy) is 2. The number of hydrogen-bond acceptors (Lipinski definition) is 4. The van der Waals surface area contributed by atoms with E-state index in [1.54, 1.807) is 7.11 Å². The van der Waals surface area contributed by atoms with Crippen molar-refractivity contribution in [3.63, 3.8) is 0 Å². The molecule has 4 aliphatic heterocycles. The van der Waals surface area contributed by atoms with Crippen LogP contribution < -0.4 is 0 Å². The van der Waals surface area contributed by atoms with Gasteiger partial charge in [-0.15, -0.1) is 0 Å². The number of hydrogen-bond donors (Lipinski definition) is 0. The van der Waals surface area contributed by atoms with Crippen LogP contribution in [0.15, 0.2) is 24.3 Å². The largest absolute Gasteiger partial charge is 0.385 e. The van der Waals surface area contributed by atoms with Crippen molar-refractivity contribution in [1.82, 2.24) is 9.80 Å². The SMILES string of the molecule is C=C1CN2CC(=C)CC2(COCC)C1.CCOC.FC1CC2CCCN2C1. The van der Waals surface area contributed by atoms with Gasteiger partial charge in [0.25, 0.3) is 0 Å². The maximum absolute atomic E-state index is 12.6. The normalized spacial score (nSPS) is 29.0. The molecule has 0 bridgehead atoms. The maximum Gasteiger partial charge on any atom is 0.114 e. The highest BCUT2D eigenvalue weighted by Gasteiger charge is 2.47. The second-order valence-electron chi connectivity index (χ2n) is 8.27. The van der Waals surface area contributed by atoms with Crippen molar-refractivity contribution in [3.8, 4) is 0 Å². The summed E-state index contributed by atoms with van der Waals surface area (Å²) in [4.78, 5) is 4.76. The van der Waals surface area contributed by atoms with Crippen molar-refractivity contribution in [1.29, 1.82) is 0 Å². The molecule has 156 valence electrons. The minimum atomic E-state index is -0.518. The molecule has 4 fully saturated rings. The molecular formula is C22H39FN2O2. The molecule has 4 aliphatic rings. The van der Waals surface area contributed by atoms with Crippen molar-refractivity contribution in [2.75, 3.05) is 53.1 Å². The summed E-state index contributed by atoms with van der Waals surface area (Å²) in [5.74, 6) is 0. The van der Waals surface area contributed by atoms with E-state index >= 15 is 0 Å². The summed E-state index contributed by atoms with van der Waals surface area (Å²) >= 11 is 0. The van der Waals surface area contributed by atoms with Crippen LogP contribution in [0.1, 0.15) is 46.0 Å². The first-order valence-electron chi connectivity index (χ1n) is 10.5. The molecule has 4 saturated heterocycles. The van der Waals surface area contributed by atoms with Crippen LogP contribution in [0.4, 0.5) is 4.39 Å². The molecule has 4 nitrogen and oxygen atoms in total. The standard InChI is InChI=1S/C12H19NO.C7H12FN.C3H8O/c1-4-14-9-12-5-10(2)7-13(12)8-11(3)6-12;8-6-4-7-2-1-3-9(7)5-6;1-3-4-2/h2-9H2,1H3;6-7H,1-5H2;3H2,1-2H3. The van der Waals surface area contributed by atoms with E-state index in [1.165, 1.54) is 24.0 Å². The minimum absolute atomic E-state index is 0.212. The fourth-order valence-corrected chi connectivity index (χ4v) is 4.77. The van der Waals surface area contributed by atoms with Gasteiger partial charge in [-0.25, -0.2) is 4.39 Å². The Bertz CT molecular complexity index is 463. The predicted octanol–water partition coefficient (Wildman–Crippen LogP) is 3.83. The van der Waals surface area contributed by atoms with Gasteiger partial charge in [0.2, 0.25) is 0 Å². The Labute approximate surface area is 165 Å². The van der Waals surface area contributed by atoms with Crippen molar-refractivity contribution < 1.29 is 13.9 Å². The van der Waals surface area contributed by atoms with E-state index in [-0.39, 0.29) is 5.54 Å². The van der Waals surface area contributed by atoms with Gasteiger partial charge in [-0.3, -0.25) is 9.80 Å². The molecule has 0 N–H and O–H groups in total. The molecule has 0 saturated carbocycles. The monoisotopic (exact) mass is 382 g/mol. The van der Waals surface area contributed by atoms with E-state index in [9.17, 15) is 4.39 Å². The van der Waals surface area contributed by atoms with E-state index < -0.39 is 6.17 Å². The highest BCUT2D eigenvalue weighted by molar-refractivity contribution is 5.26. The van der Waals surface area contributed by atoms with Crippen LogP contribution >= 0.6 is 0 Å². The fourth-order valence-electron chi connectivity index (χ4n) is 4.77. The lowest BCUT2D eigenvalue weighted by Crippen LogP contribution is -2.42. The lowest BCUT2D eigenvalue weighted by molar-refractivity contribution is 0.0420. The molecule has 0 aromatic heterocycles. The highest BCUT2D eigenvalue weighted by Crippen LogP contribution is 2.42. The Morgan fingerprint density at radius 3 is 2.30 bits per heavy atom. The van der Waals surface area contributed by atoms with Crippen LogP contribution in [-0.2, 0) is 9.47 Å². The number of fused-ring (bicyclic) bond motifs is 2. The third-order valence-electron chi connectivity index (χ3n) is 5.98. The summed E-state index contributed by atoms with van der Waals surface area (Å²) in [5, 5.41) is 0. The summed E-state index contributed by atoms with van der Waals surface area (Å²) in [6, 6.07) is 0.611. The lowest BCUT2D eigenvalue weighted by atomic mass is 9.92. The zero-order valence-corrected chi connectivity index (χ0v) is 17.6. The van der Waals surface area contributed by atoms with E-state index in [4.69, 9.17) is 4.74 Å². The van der Waals surface area contributed by atoms with Crippen molar-refractivity contribution >= 4 is 0 Å². The van der Waals surface area contributed by atoms with Crippen LogP contribution in [0.2, 0.25) is 0 Å². The van der Waals surface area contributed by atoms with Gasteiger partial charge in [-0.1, -0.05) is 24.3 Å². The molecule has 4 heterocycles. The van der Waals surface area contributed by atoms with Gasteiger partial charge < -0.3 is 9.47 Å². The Balaban J connectivity index is 0.000000172. The van der Waals surface area contributed by atoms with Crippen LogP contribution in [0, 0.1) is 0 Å². The van der Waals surface area contributed by atoms with Gasteiger partial charge in [0.05, 0.1) is 12.1 Å². The molecule has 5 heteroatoms. The summed E-state index contributed by atoms with van der Waals surface area (Å²) in [6.45, 7) is 18.6. The zero-order chi connectivity index (χ0) is 19.9. The summed E-state index contributed by atoms with van der Waals surface area (Å²) < 4.78 is 22.7. The van der Waals surface area contributed by atoms with E-state index in [2.05, 4.69) is 34.6 Å². The first kappa shape index (κ1) is 22.5. The second-order valence-corrected chi connectivity index (χ2v) is 8.27. The molecule has 0 aromatic rings. The van der Waals surface area contributed by atoms with Gasteiger partial charge in [0.1, 0.15) is 6.17 Å². The molecule has 2 unspecified atom stereocenters. The molecule has 0 radical (unpaired) electrons. The number of halogens is 1. The Morgan fingerprint density at radius 2 is 1.78 bits per heavy atom. The first-order chi connectivity index (χ1) is 12.9. The van der Waals surface area contributed by atoms with Gasteiger partial charge in [-0.05, 0) is 52.5 Å². The molecule has 0 amide bonds. The topological polar surface area (TPSA) is 24.9 Å². The number of methoxy groups -OCH3 is 1. The summed E-state index contributed by atoms with van der Waals surface area (Å²) in [6.07, 6.45) is 4.99. The fraction of sp³-hybridized carbons (Fsp3) is 0.818. The average molecular weight is 383 g/mol. The van der Waals surface area contributed by atoms with Gasteiger partial charge >= 0.3 is 0 Å². The van der Waals surface area contributed by atoms with E-state index in [1.807, 2.05) is 6.92 Å². The third kappa shape index (κ3) is 6.11. The Hall–Kier alpha value is -0.750. The third-order valence-corrected chi connectivity index (χ3v) is 5.98. The summed E-state index contributed by atoms with van der Waals surface area (Å²) in [7, 11) is 1.68. The van der Waals surface area contributed by atoms with E-state index in [0.717, 1.165) is 58.7 Å². The molecule has 0 aromatic carbocycles. The van der Waals surface area contributed by atoms with Crippen molar-refractivity contribution in [2.45, 2.75) is 63.7 Å². The number of nitrogens with zero attached hydrogens (tertiary/aromatic N) is 2. The van der Waals surface area contributed by atoms with Gasteiger partial charge in [0.15, 0.2) is 0 Å². The zero-order valence-electron chi connectivity index (χ0n) is 17.6. The quantitative estimate of drug-likeness (QED) is 0.690. The molecule has 0 aliphatic carbocycles. The molecule has 0 spiro atoms. The van der Waals surface area contributed by atoms with E-state index in [0.29, 0.717) is 12.6 Å². The smallest absolute Gasteiger partial charge is 0.114 e. The maximum atomic E-state index is 12.6. The van der Waals surface area contributed by atoms with Crippen LogP contribution in [0.3, 0.4) is 0 Å². The number of alkyl halides is 1. The highest BCUT2D eigenvalue weighted by atomic mass is 19.1. The van der Waals surface area contributed by atoms with Crippen LogP contribution in [-0.4, -0.2) is 80.7 Å². The number of rotatable bonds is 4. The molecular weight excluding hydrogens is 343 g/mol. The predicted molar refractivity (Wildman–Crippen MR) is 110 cm³/mol. The second kappa shape index (κ2) is 10.7. The van der Waals surface area contributed by atoms with Crippen LogP contribution in [0.25, 0.3) is 0 Å². The Morgan fingerprint density at radius 1 is 1.15 bits per heavy atom. The van der Waals surface area contributed by atoms with Crippen LogP contribution in [0.5, 0.6) is 0 Å². The van der Waals surface area contributed by atoms with Crippen molar-refractivity contribution in [2.24, 2.45) is 0 Å². The lowest BCUT2D eigenvalue weighted by Gasteiger charge is -2.30. The van der Waals surface area contributed by atoms with Crippen molar-refractivity contribution in [3.05, 3.63) is 24.3 Å². The minimum Gasteiger partial charge on any atom is -0.385 e.